The fourth-order valence-corrected chi connectivity index (χ4v) is 2.39. The van der Waals surface area contributed by atoms with Crippen LogP contribution in [0, 0.1) is 33.7 Å². The maximum atomic E-state index is 8.76. The van der Waals surface area contributed by atoms with Crippen LogP contribution < -0.4 is 5.46 Å². The molecule has 1 rings (SSSR count). The van der Waals surface area contributed by atoms with Gasteiger partial charge in [-0.25, -0.2) is 15.8 Å². The van der Waals surface area contributed by atoms with Crippen LogP contribution in [0.4, 0.5) is 0 Å². The molecule has 0 aliphatic carbocycles. The van der Waals surface area contributed by atoms with Gasteiger partial charge in [0.2, 0.25) is 0 Å². The SMILES string of the molecule is CC[N+](CC)(CC)CC.N#C[B-](C#N)(C#N)c1ccccc1. The van der Waals surface area contributed by atoms with Gasteiger partial charge in [-0.05, 0) is 27.7 Å². The summed E-state index contributed by atoms with van der Waals surface area (Å²) in [5, 5.41) is 26.3. The van der Waals surface area contributed by atoms with E-state index in [0.717, 1.165) is 0 Å². The molecule has 0 unspecified atom stereocenters. The Morgan fingerprint density at radius 2 is 1.14 bits per heavy atom. The molecule has 1 aromatic carbocycles. The Morgan fingerprint density at radius 3 is 1.36 bits per heavy atom. The lowest BCUT2D eigenvalue weighted by Crippen LogP contribution is -2.47. The quantitative estimate of drug-likeness (QED) is 0.618. The Labute approximate surface area is 134 Å². The standard InChI is InChI=1S/C9H5BN3.C8H20N/c11-6-10(7-12,8-13)9-4-2-1-3-5-9;1-5-9(6-2,7-3)8-4/h1-5H;5-8H2,1-4H3/q-1;+1. The van der Waals surface area contributed by atoms with Crippen molar-refractivity contribution in [3.8, 4) is 17.9 Å². The largest absolute Gasteiger partial charge is 0.325 e. The van der Waals surface area contributed by atoms with Crippen LogP contribution in [0.1, 0.15) is 27.7 Å². The second-order valence-corrected chi connectivity index (χ2v) is 5.27. The number of nitriles is 3. The highest BCUT2D eigenvalue weighted by molar-refractivity contribution is 7.09. The predicted molar refractivity (Wildman–Crippen MR) is 91.1 cm³/mol. The summed E-state index contributed by atoms with van der Waals surface area (Å²) in [4.78, 5) is 0. The Bertz CT molecular complexity index is 506. The fourth-order valence-electron chi connectivity index (χ4n) is 2.39. The number of nitrogens with zero attached hydrogens (tertiary/aromatic N) is 4. The second kappa shape index (κ2) is 9.61. The molecule has 0 spiro atoms. The lowest BCUT2D eigenvalue weighted by molar-refractivity contribution is -0.921. The number of quaternary nitrogens is 1. The maximum Gasteiger partial charge on any atom is 0.322 e. The minimum atomic E-state index is -2.35. The number of rotatable bonds is 5. The first-order valence-corrected chi connectivity index (χ1v) is 7.83. The topological polar surface area (TPSA) is 71.4 Å². The van der Waals surface area contributed by atoms with Gasteiger partial charge in [0.25, 0.3) is 0 Å². The van der Waals surface area contributed by atoms with Crippen LogP contribution in [0.2, 0.25) is 0 Å². The molecular weight excluding hydrogens is 271 g/mol. The van der Waals surface area contributed by atoms with Crippen LogP contribution in [0.5, 0.6) is 0 Å². The van der Waals surface area contributed by atoms with Crippen LogP contribution in [0.25, 0.3) is 0 Å². The Morgan fingerprint density at radius 1 is 0.773 bits per heavy atom. The summed E-state index contributed by atoms with van der Waals surface area (Å²) < 4.78 is 1.28. The van der Waals surface area contributed by atoms with Gasteiger partial charge in [0.1, 0.15) is 0 Å². The molecule has 0 heterocycles. The van der Waals surface area contributed by atoms with E-state index in [2.05, 4.69) is 27.7 Å². The van der Waals surface area contributed by atoms with Crippen LogP contribution in [0.15, 0.2) is 30.3 Å². The lowest BCUT2D eigenvalue weighted by atomic mass is 9.25. The van der Waals surface area contributed by atoms with Crippen molar-refractivity contribution in [2.75, 3.05) is 26.2 Å². The van der Waals surface area contributed by atoms with Crippen molar-refractivity contribution in [1.29, 1.82) is 15.8 Å². The molecule has 0 bridgehead atoms. The molecule has 1 aromatic rings. The van der Waals surface area contributed by atoms with E-state index in [0.29, 0.717) is 5.46 Å². The van der Waals surface area contributed by atoms with Gasteiger partial charge in [-0.15, -0.1) is 17.9 Å². The van der Waals surface area contributed by atoms with Crippen molar-refractivity contribution in [2.24, 2.45) is 0 Å². The molecule has 0 radical (unpaired) electrons. The smallest absolute Gasteiger partial charge is 0.322 e. The molecule has 0 aliphatic rings. The third-order valence-electron chi connectivity index (χ3n) is 4.56. The van der Waals surface area contributed by atoms with Gasteiger partial charge in [-0.3, -0.25) is 0 Å². The first-order chi connectivity index (χ1) is 10.5. The normalized spacial score (nSPS) is 10.4. The van der Waals surface area contributed by atoms with E-state index in [1.807, 2.05) is 0 Å². The Balaban J connectivity index is 0.000000433. The Kier molecular flexibility index (Phi) is 8.62. The summed E-state index contributed by atoms with van der Waals surface area (Å²) in [6.45, 7) is 14.2. The zero-order valence-electron chi connectivity index (χ0n) is 14.1. The van der Waals surface area contributed by atoms with Gasteiger partial charge < -0.3 is 4.48 Å². The third kappa shape index (κ3) is 4.62. The molecule has 0 N–H and O–H groups in total. The number of hydrogen-bond acceptors (Lipinski definition) is 3. The van der Waals surface area contributed by atoms with Gasteiger partial charge in [0, 0.05) is 0 Å². The van der Waals surface area contributed by atoms with E-state index < -0.39 is 6.15 Å². The van der Waals surface area contributed by atoms with Crippen LogP contribution in [0.3, 0.4) is 0 Å². The summed E-state index contributed by atoms with van der Waals surface area (Å²) in [6.07, 6.45) is -2.35. The van der Waals surface area contributed by atoms with E-state index >= 15 is 0 Å². The fraction of sp³-hybridized carbons (Fsp3) is 0.471. The molecule has 0 fully saturated rings. The molecule has 116 valence electrons. The average Bonchev–Trinajstić information content (AvgIpc) is 2.61. The van der Waals surface area contributed by atoms with E-state index in [4.69, 9.17) is 15.8 Å². The molecule has 0 atom stereocenters. The van der Waals surface area contributed by atoms with Crippen molar-refractivity contribution >= 4 is 11.6 Å². The molecular formula is C17H25BN4. The monoisotopic (exact) mass is 296 g/mol. The van der Waals surface area contributed by atoms with Crippen LogP contribution in [-0.4, -0.2) is 36.8 Å². The first kappa shape index (κ1) is 19.7. The minimum Gasteiger partial charge on any atom is -0.325 e. The molecule has 22 heavy (non-hydrogen) atoms. The van der Waals surface area contributed by atoms with Crippen molar-refractivity contribution in [2.45, 2.75) is 27.7 Å². The van der Waals surface area contributed by atoms with Gasteiger partial charge >= 0.3 is 6.15 Å². The zero-order valence-corrected chi connectivity index (χ0v) is 14.1. The summed E-state index contributed by atoms with van der Waals surface area (Å²) in [5.41, 5.74) is 0.481. The van der Waals surface area contributed by atoms with Gasteiger partial charge in [0.05, 0.1) is 26.2 Å². The summed E-state index contributed by atoms with van der Waals surface area (Å²) in [5.74, 6) is 5.31. The molecule has 0 aromatic heterocycles. The molecule has 0 aliphatic heterocycles. The molecule has 0 saturated heterocycles. The minimum absolute atomic E-state index is 0.481. The maximum absolute atomic E-state index is 8.76. The van der Waals surface area contributed by atoms with Crippen molar-refractivity contribution < 1.29 is 4.48 Å². The van der Waals surface area contributed by atoms with Crippen molar-refractivity contribution in [1.82, 2.24) is 0 Å². The van der Waals surface area contributed by atoms with E-state index in [9.17, 15) is 0 Å². The second-order valence-electron chi connectivity index (χ2n) is 5.27. The lowest BCUT2D eigenvalue weighted by Gasteiger charge is -2.34. The molecule has 0 amide bonds. The number of benzene rings is 1. The van der Waals surface area contributed by atoms with Crippen molar-refractivity contribution in [3.63, 3.8) is 0 Å². The highest BCUT2D eigenvalue weighted by Crippen LogP contribution is 2.03. The number of hydrogen-bond donors (Lipinski definition) is 0. The average molecular weight is 296 g/mol. The summed E-state index contributed by atoms with van der Waals surface area (Å²) in [6, 6.07) is 8.43. The van der Waals surface area contributed by atoms with E-state index in [1.54, 1.807) is 48.2 Å². The zero-order chi connectivity index (χ0) is 17.1. The highest BCUT2D eigenvalue weighted by atomic mass is 15.3. The van der Waals surface area contributed by atoms with Gasteiger partial charge in [0.15, 0.2) is 0 Å². The van der Waals surface area contributed by atoms with E-state index in [-0.39, 0.29) is 0 Å². The third-order valence-corrected chi connectivity index (χ3v) is 4.56. The van der Waals surface area contributed by atoms with E-state index in [1.165, 1.54) is 30.7 Å². The van der Waals surface area contributed by atoms with Crippen LogP contribution >= 0.6 is 0 Å². The van der Waals surface area contributed by atoms with Crippen LogP contribution in [-0.2, 0) is 0 Å². The Hall–Kier alpha value is -2.29. The summed E-state index contributed by atoms with van der Waals surface area (Å²) >= 11 is 0. The summed E-state index contributed by atoms with van der Waals surface area (Å²) in [7, 11) is 0. The highest BCUT2D eigenvalue weighted by Gasteiger charge is 2.25. The molecule has 5 heteroatoms. The molecule has 4 nitrogen and oxygen atoms in total. The molecule has 0 saturated carbocycles. The first-order valence-electron chi connectivity index (χ1n) is 7.83. The predicted octanol–water partition coefficient (Wildman–Crippen LogP) is 2.41. The van der Waals surface area contributed by atoms with Crippen molar-refractivity contribution in [3.05, 3.63) is 30.3 Å². The van der Waals surface area contributed by atoms with Gasteiger partial charge in [-0.1, -0.05) is 30.3 Å². The van der Waals surface area contributed by atoms with Gasteiger partial charge in [-0.2, -0.15) is 5.46 Å².